The minimum absolute atomic E-state index is 0.0280. The van der Waals surface area contributed by atoms with Gasteiger partial charge in [-0.25, -0.2) is 4.79 Å². The van der Waals surface area contributed by atoms with Crippen molar-refractivity contribution in [3.05, 3.63) is 28.8 Å². The number of nitrogens with one attached hydrogen (secondary N) is 1. The monoisotopic (exact) mass is 282 g/mol. The Hall–Kier alpha value is -1.59. The van der Waals surface area contributed by atoms with Gasteiger partial charge in [0.25, 0.3) is 0 Å². The zero-order valence-electron chi connectivity index (χ0n) is 10.3. The summed E-state index contributed by atoms with van der Waals surface area (Å²) in [5.41, 5.74) is 5.55. The fourth-order valence-electron chi connectivity index (χ4n) is 2.27. The van der Waals surface area contributed by atoms with Crippen molar-refractivity contribution in [2.24, 2.45) is 5.73 Å². The number of rotatable bonds is 3. The molecule has 2 rings (SSSR count). The molecule has 0 atom stereocenters. The summed E-state index contributed by atoms with van der Waals surface area (Å²) in [5, 5.41) is 11.8. The van der Waals surface area contributed by atoms with Crippen molar-refractivity contribution in [3.8, 4) is 0 Å². The van der Waals surface area contributed by atoms with Crippen molar-refractivity contribution in [2.75, 3.05) is 5.32 Å². The summed E-state index contributed by atoms with van der Waals surface area (Å²) in [5.74, 6) is -1.38. The molecule has 1 aromatic carbocycles. The number of amides is 1. The first-order valence-electron chi connectivity index (χ1n) is 6.05. The van der Waals surface area contributed by atoms with E-state index in [1.54, 1.807) is 0 Å². The molecule has 5 nitrogen and oxygen atoms in total. The maximum Gasteiger partial charge on any atom is 0.335 e. The topological polar surface area (TPSA) is 92.4 Å². The number of hydrogen-bond donors (Lipinski definition) is 3. The van der Waals surface area contributed by atoms with Crippen LogP contribution in [0.25, 0.3) is 0 Å². The van der Waals surface area contributed by atoms with E-state index in [9.17, 15) is 9.59 Å². The molecule has 4 N–H and O–H groups in total. The molecule has 1 amide bonds. The second-order valence-electron chi connectivity index (χ2n) is 4.85. The van der Waals surface area contributed by atoms with Gasteiger partial charge in [-0.1, -0.05) is 24.4 Å². The largest absolute Gasteiger partial charge is 0.478 e. The molecule has 0 spiro atoms. The summed E-state index contributed by atoms with van der Waals surface area (Å²) in [6.45, 7) is 0. The lowest BCUT2D eigenvalue weighted by molar-refractivity contribution is -0.121. The van der Waals surface area contributed by atoms with Gasteiger partial charge in [-0.3, -0.25) is 4.79 Å². The van der Waals surface area contributed by atoms with Gasteiger partial charge in [-0.05, 0) is 31.0 Å². The molecule has 1 saturated carbocycles. The minimum atomic E-state index is -1.10. The van der Waals surface area contributed by atoms with Crippen LogP contribution in [0.4, 0.5) is 5.69 Å². The van der Waals surface area contributed by atoms with Crippen LogP contribution in [0, 0.1) is 0 Å². The molecule has 1 aromatic rings. The van der Waals surface area contributed by atoms with E-state index in [0.29, 0.717) is 18.5 Å². The second-order valence-corrected chi connectivity index (χ2v) is 5.29. The highest BCUT2D eigenvalue weighted by Crippen LogP contribution is 2.29. The number of carbonyl (C=O) groups is 2. The fraction of sp³-hybridized carbons (Fsp3) is 0.385. The molecule has 0 radical (unpaired) electrons. The second kappa shape index (κ2) is 5.19. The Kier molecular flexibility index (Phi) is 3.78. The number of benzene rings is 1. The average molecular weight is 283 g/mol. The van der Waals surface area contributed by atoms with Crippen LogP contribution in [-0.2, 0) is 4.79 Å². The Morgan fingerprint density at radius 2 is 1.89 bits per heavy atom. The number of hydrogen-bond acceptors (Lipinski definition) is 3. The third-order valence-corrected chi connectivity index (χ3v) is 3.57. The molecule has 19 heavy (non-hydrogen) atoms. The van der Waals surface area contributed by atoms with Gasteiger partial charge in [0.2, 0.25) is 5.91 Å². The highest BCUT2D eigenvalue weighted by Gasteiger charge is 2.37. The summed E-state index contributed by atoms with van der Waals surface area (Å²) >= 11 is 5.83. The lowest BCUT2D eigenvalue weighted by atomic mass is 9.98. The van der Waals surface area contributed by atoms with Gasteiger partial charge in [0.15, 0.2) is 0 Å². The smallest absolute Gasteiger partial charge is 0.335 e. The first-order chi connectivity index (χ1) is 8.90. The van der Waals surface area contributed by atoms with Crippen molar-refractivity contribution >= 4 is 29.2 Å². The standard InChI is InChI=1S/C13H15ClN2O3/c14-9-5-8(11(17)18)6-10(7-9)16-12(19)13(15)3-1-2-4-13/h5-7H,1-4,15H2,(H,16,19)(H,17,18). The summed E-state index contributed by atoms with van der Waals surface area (Å²) in [6, 6.07) is 4.20. The lowest BCUT2D eigenvalue weighted by Crippen LogP contribution is -2.48. The number of halogens is 1. The van der Waals surface area contributed by atoms with Crippen LogP contribution < -0.4 is 11.1 Å². The van der Waals surface area contributed by atoms with E-state index in [0.717, 1.165) is 12.8 Å². The van der Waals surface area contributed by atoms with E-state index in [4.69, 9.17) is 22.4 Å². The van der Waals surface area contributed by atoms with Crippen LogP contribution in [0.1, 0.15) is 36.0 Å². The normalized spacial score (nSPS) is 17.2. The maximum absolute atomic E-state index is 12.1. The van der Waals surface area contributed by atoms with Gasteiger partial charge in [-0.2, -0.15) is 0 Å². The Balaban J connectivity index is 2.19. The molecule has 6 heteroatoms. The van der Waals surface area contributed by atoms with E-state index in [2.05, 4.69) is 5.32 Å². The highest BCUT2D eigenvalue weighted by molar-refractivity contribution is 6.31. The van der Waals surface area contributed by atoms with E-state index in [1.165, 1.54) is 18.2 Å². The predicted octanol–water partition coefficient (Wildman–Crippen LogP) is 2.25. The molecule has 0 unspecified atom stereocenters. The average Bonchev–Trinajstić information content (AvgIpc) is 2.76. The van der Waals surface area contributed by atoms with Crippen molar-refractivity contribution in [1.29, 1.82) is 0 Å². The number of carboxylic acids is 1. The van der Waals surface area contributed by atoms with E-state index in [-0.39, 0.29) is 16.5 Å². The third-order valence-electron chi connectivity index (χ3n) is 3.35. The zero-order chi connectivity index (χ0) is 14.0. The number of carbonyl (C=O) groups excluding carboxylic acids is 1. The Labute approximate surface area is 115 Å². The van der Waals surface area contributed by atoms with Crippen molar-refractivity contribution in [1.82, 2.24) is 0 Å². The Bertz CT molecular complexity index is 525. The van der Waals surface area contributed by atoms with Gasteiger partial charge in [0, 0.05) is 10.7 Å². The van der Waals surface area contributed by atoms with Gasteiger partial charge in [0.1, 0.15) is 0 Å². The molecule has 102 valence electrons. The SMILES string of the molecule is NC1(C(=O)Nc2cc(Cl)cc(C(=O)O)c2)CCCC1. The highest BCUT2D eigenvalue weighted by atomic mass is 35.5. The summed E-state index contributed by atoms with van der Waals surface area (Å²) < 4.78 is 0. The van der Waals surface area contributed by atoms with Crippen molar-refractivity contribution in [2.45, 2.75) is 31.2 Å². The molecule has 1 aliphatic carbocycles. The van der Waals surface area contributed by atoms with E-state index >= 15 is 0 Å². The minimum Gasteiger partial charge on any atom is -0.478 e. The maximum atomic E-state index is 12.1. The molecular formula is C13H15ClN2O3. The number of carboxylic acid groups (broad SMARTS) is 1. The van der Waals surface area contributed by atoms with Gasteiger partial charge in [0.05, 0.1) is 11.1 Å². The molecule has 0 saturated heterocycles. The van der Waals surface area contributed by atoms with Crippen LogP contribution in [0.15, 0.2) is 18.2 Å². The molecular weight excluding hydrogens is 268 g/mol. The molecule has 0 aliphatic heterocycles. The molecule has 0 aromatic heterocycles. The van der Waals surface area contributed by atoms with Gasteiger partial charge in [-0.15, -0.1) is 0 Å². The van der Waals surface area contributed by atoms with Crippen LogP contribution in [0.3, 0.4) is 0 Å². The van der Waals surface area contributed by atoms with Crippen molar-refractivity contribution in [3.63, 3.8) is 0 Å². The first-order valence-corrected chi connectivity index (χ1v) is 6.43. The number of anilines is 1. The lowest BCUT2D eigenvalue weighted by Gasteiger charge is -2.22. The van der Waals surface area contributed by atoms with Crippen LogP contribution in [0.2, 0.25) is 5.02 Å². The fourth-order valence-corrected chi connectivity index (χ4v) is 2.51. The van der Waals surface area contributed by atoms with Gasteiger partial charge >= 0.3 is 5.97 Å². The van der Waals surface area contributed by atoms with Crippen LogP contribution in [-0.4, -0.2) is 22.5 Å². The zero-order valence-corrected chi connectivity index (χ0v) is 11.0. The molecule has 0 heterocycles. The van der Waals surface area contributed by atoms with E-state index in [1.807, 2.05) is 0 Å². The predicted molar refractivity (Wildman–Crippen MR) is 72.4 cm³/mol. The van der Waals surface area contributed by atoms with Crippen LogP contribution in [0.5, 0.6) is 0 Å². The Morgan fingerprint density at radius 1 is 1.26 bits per heavy atom. The third kappa shape index (κ3) is 3.05. The molecule has 1 fully saturated rings. The van der Waals surface area contributed by atoms with Gasteiger partial charge < -0.3 is 16.2 Å². The number of nitrogens with two attached hydrogens (primary N) is 1. The first kappa shape index (κ1) is 13.8. The quantitative estimate of drug-likeness (QED) is 0.793. The summed E-state index contributed by atoms with van der Waals surface area (Å²) in [4.78, 5) is 23.0. The van der Waals surface area contributed by atoms with Crippen LogP contribution >= 0.6 is 11.6 Å². The van der Waals surface area contributed by atoms with E-state index < -0.39 is 11.5 Å². The summed E-state index contributed by atoms with van der Waals surface area (Å²) in [6.07, 6.45) is 3.15. The summed E-state index contributed by atoms with van der Waals surface area (Å²) in [7, 11) is 0. The van der Waals surface area contributed by atoms with Crippen molar-refractivity contribution < 1.29 is 14.7 Å². The number of aromatic carboxylic acids is 1. The molecule has 0 bridgehead atoms. The Morgan fingerprint density at radius 3 is 2.47 bits per heavy atom. The molecule has 1 aliphatic rings.